The lowest BCUT2D eigenvalue weighted by molar-refractivity contribution is -0.171. The third kappa shape index (κ3) is 2.54. The molecular weight excluding hydrogens is 338 g/mol. The van der Waals surface area contributed by atoms with Gasteiger partial charge in [0.15, 0.2) is 0 Å². The van der Waals surface area contributed by atoms with Crippen molar-refractivity contribution in [3.05, 3.63) is 12.7 Å². The van der Waals surface area contributed by atoms with Crippen LogP contribution in [0.4, 0.5) is 0 Å². The number of allylic oxidation sites excluding steroid dienone is 1. The van der Waals surface area contributed by atoms with Crippen LogP contribution in [0.15, 0.2) is 12.7 Å². The van der Waals surface area contributed by atoms with Crippen LogP contribution >= 0.6 is 0 Å². The molecular formula is C23H35NO3. The number of likely N-dealkylation sites (tertiary alicyclic amines) is 1. The Kier molecular flexibility index (Phi) is 4.47. The highest BCUT2D eigenvalue weighted by Crippen LogP contribution is 2.67. The van der Waals surface area contributed by atoms with Crippen LogP contribution in [-0.2, 0) is 9.59 Å². The van der Waals surface area contributed by atoms with Gasteiger partial charge in [-0.25, -0.2) is 0 Å². The van der Waals surface area contributed by atoms with E-state index in [-0.39, 0.29) is 16.7 Å². The Balaban J connectivity index is 1.73. The van der Waals surface area contributed by atoms with Crippen LogP contribution < -0.4 is 0 Å². The van der Waals surface area contributed by atoms with Gasteiger partial charge in [0.25, 0.3) is 0 Å². The first-order valence-electron chi connectivity index (χ1n) is 10.8. The third-order valence-corrected chi connectivity index (χ3v) is 9.52. The fraction of sp³-hybridized carbons (Fsp3) is 0.826. The largest absolute Gasteiger partial charge is 0.481 e. The van der Waals surface area contributed by atoms with Crippen LogP contribution in [-0.4, -0.2) is 35.0 Å². The summed E-state index contributed by atoms with van der Waals surface area (Å²) in [7, 11) is 2.00. The Morgan fingerprint density at radius 3 is 2.59 bits per heavy atom. The maximum atomic E-state index is 12.4. The second-order valence-corrected chi connectivity index (χ2v) is 10.3. The van der Waals surface area contributed by atoms with Crippen molar-refractivity contribution in [3.63, 3.8) is 0 Å². The molecule has 0 aromatic rings. The molecule has 3 unspecified atom stereocenters. The van der Waals surface area contributed by atoms with Crippen LogP contribution in [0.2, 0.25) is 0 Å². The highest BCUT2D eigenvalue weighted by molar-refractivity contribution is 5.77. The Labute approximate surface area is 163 Å². The summed E-state index contributed by atoms with van der Waals surface area (Å²) in [5.41, 5.74) is 0.111. The van der Waals surface area contributed by atoms with Crippen molar-refractivity contribution in [3.8, 4) is 0 Å². The molecule has 1 N–H and O–H groups in total. The van der Waals surface area contributed by atoms with Gasteiger partial charge in [0.2, 0.25) is 5.91 Å². The van der Waals surface area contributed by atoms with Gasteiger partial charge in [-0.1, -0.05) is 19.9 Å². The number of carboxylic acid groups (broad SMARTS) is 1. The van der Waals surface area contributed by atoms with Gasteiger partial charge in [0, 0.05) is 19.5 Å². The summed E-state index contributed by atoms with van der Waals surface area (Å²) in [5, 5.41) is 9.82. The lowest BCUT2D eigenvalue weighted by Gasteiger charge is -2.64. The molecule has 1 heterocycles. The summed E-state index contributed by atoms with van der Waals surface area (Å²) < 4.78 is 0. The maximum Gasteiger partial charge on any atom is 0.307 e. The van der Waals surface area contributed by atoms with Gasteiger partial charge in [-0.3, -0.25) is 9.59 Å². The predicted molar refractivity (Wildman–Crippen MR) is 105 cm³/mol. The first-order valence-corrected chi connectivity index (χ1v) is 10.8. The van der Waals surface area contributed by atoms with E-state index in [0.717, 1.165) is 44.9 Å². The molecule has 3 aliphatic carbocycles. The van der Waals surface area contributed by atoms with Crippen molar-refractivity contribution in [1.82, 2.24) is 4.90 Å². The molecule has 1 aliphatic heterocycles. The molecule has 4 fully saturated rings. The average molecular weight is 374 g/mol. The second kappa shape index (κ2) is 6.35. The number of hydrogen-bond acceptors (Lipinski definition) is 2. The Morgan fingerprint density at radius 2 is 1.93 bits per heavy atom. The molecule has 0 spiro atoms. The summed E-state index contributed by atoms with van der Waals surface area (Å²) >= 11 is 0. The number of nitrogens with zero attached hydrogens (tertiary/aromatic N) is 1. The first kappa shape index (κ1) is 19.0. The standard InChI is InChI=1S/C23H35NO3/c1-5-6-14-13-18-23(3,12-10-19(25)24(18)4)16-9-11-22(2)15(20(14)16)7-8-17(22)21(26)27/h5,14-18,20H,1,6-13H2,2-4H3,(H,26,27)/t14?,15-,16+,17?,18?,20-,22-,23+/m0/s1. The monoisotopic (exact) mass is 373 g/mol. The van der Waals surface area contributed by atoms with Gasteiger partial charge < -0.3 is 10.0 Å². The molecule has 150 valence electrons. The number of piperidine rings is 1. The van der Waals surface area contributed by atoms with Crippen LogP contribution in [0.1, 0.15) is 65.2 Å². The third-order valence-electron chi connectivity index (χ3n) is 9.52. The minimum Gasteiger partial charge on any atom is -0.481 e. The number of carbonyl (C=O) groups excluding carboxylic acids is 1. The first-order chi connectivity index (χ1) is 12.7. The van der Waals surface area contributed by atoms with Crippen LogP contribution in [0.3, 0.4) is 0 Å². The molecule has 4 aliphatic rings. The number of hydrogen-bond donors (Lipinski definition) is 1. The van der Waals surface area contributed by atoms with Crippen LogP contribution in [0.5, 0.6) is 0 Å². The van der Waals surface area contributed by atoms with Gasteiger partial charge in [-0.15, -0.1) is 6.58 Å². The average Bonchev–Trinajstić information content (AvgIpc) is 2.97. The molecule has 4 heteroatoms. The maximum absolute atomic E-state index is 12.4. The van der Waals surface area contributed by atoms with Gasteiger partial charge >= 0.3 is 5.97 Å². The van der Waals surface area contributed by atoms with Crippen molar-refractivity contribution in [2.75, 3.05) is 7.05 Å². The van der Waals surface area contributed by atoms with E-state index in [2.05, 4.69) is 20.4 Å². The molecule has 3 saturated carbocycles. The summed E-state index contributed by atoms with van der Waals surface area (Å²) in [5.74, 6) is 1.71. The van der Waals surface area contributed by atoms with E-state index in [1.54, 1.807) is 0 Å². The van der Waals surface area contributed by atoms with E-state index in [9.17, 15) is 14.7 Å². The van der Waals surface area contributed by atoms with Crippen molar-refractivity contribution in [2.45, 2.75) is 71.3 Å². The van der Waals surface area contributed by atoms with Crippen molar-refractivity contribution >= 4 is 11.9 Å². The number of fused-ring (bicyclic) bond motifs is 5. The molecule has 1 saturated heterocycles. The van der Waals surface area contributed by atoms with E-state index in [0.29, 0.717) is 42.0 Å². The van der Waals surface area contributed by atoms with E-state index in [4.69, 9.17) is 0 Å². The lowest BCUT2D eigenvalue weighted by atomic mass is 9.44. The Bertz CT molecular complexity index is 660. The lowest BCUT2D eigenvalue weighted by Crippen LogP contribution is -2.63. The number of carboxylic acids is 1. The summed E-state index contributed by atoms with van der Waals surface area (Å²) in [4.78, 5) is 26.4. The van der Waals surface area contributed by atoms with Gasteiger partial charge in [-0.2, -0.15) is 0 Å². The quantitative estimate of drug-likeness (QED) is 0.748. The topological polar surface area (TPSA) is 57.6 Å². The van der Waals surface area contributed by atoms with Crippen molar-refractivity contribution in [2.24, 2.45) is 40.4 Å². The van der Waals surface area contributed by atoms with Crippen LogP contribution in [0.25, 0.3) is 0 Å². The molecule has 0 aromatic carbocycles. The molecule has 0 aromatic heterocycles. The normalized spacial score (nSPS) is 49.1. The zero-order chi connectivity index (χ0) is 19.6. The zero-order valence-electron chi connectivity index (χ0n) is 17.1. The number of rotatable bonds is 3. The van der Waals surface area contributed by atoms with Crippen molar-refractivity contribution < 1.29 is 14.7 Å². The van der Waals surface area contributed by atoms with Crippen LogP contribution in [0, 0.1) is 40.4 Å². The summed E-state index contributed by atoms with van der Waals surface area (Å²) in [6, 6.07) is 0.325. The zero-order valence-corrected chi connectivity index (χ0v) is 17.1. The Morgan fingerprint density at radius 1 is 1.22 bits per heavy atom. The van der Waals surface area contributed by atoms with E-state index < -0.39 is 5.97 Å². The Hall–Kier alpha value is -1.32. The second-order valence-electron chi connectivity index (χ2n) is 10.3. The molecule has 0 bridgehead atoms. The number of carbonyl (C=O) groups is 2. The molecule has 4 nitrogen and oxygen atoms in total. The minimum atomic E-state index is -0.596. The molecule has 1 amide bonds. The fourth-order valence-corrected chi connectivity index (χ4v) is 8.13. The minimum absolute atomic E-state index is 0.0635. The highest BCUT2D eigenvalue weighted by Gasteiger charge is 2.64. The fourth-order valence-electron chi connectivity index (χ4n) is 8.13. The number of amides is 1. The highest BCUT2D eigenvalue weighted by atomic mass is 16.4. The SMILES string of the molecule is C=CCC1CC2N(C)C(=O)CC[C@]2(C)[C@@H]2CC[C@]3(C)C(C(=O)O)CC[C@H]3[C@H]12. The molecule has 4 rings (SSSR count). The van der Waals surface area contributed by atoms with E-state index in [1.165, 1.54) is 0 Å². The van der Waals surface area contributed by atoms with E-state index >= 15 is 0 Å². The summed E-state index contributed by atoms with van der Waals surface area (Å²) in [6.45, 7) is 8.70. The van der Waals surface area contributed by atoms with Gasteiger partial charge in [-0.05, 0) is 79.4 Å². The van der Waals surface area contributed by atoms with Gasteiger partial charge in [0.05, 0.1) is 5.92 Å². The molecule has 0 radical (unpaired) electrons. The van der Waals surface area contributed by atoms with E-state index in [1.807, 2.05) is 18.0 Å². The predicted octanol–water partition coefficient (Wildman–Crippen LogP) is 4.35. The molecule has 27 heavy (non-hydrogen) atoms. The van der Waals surface area contributed by atoms with Crippen molar-refractivity contribution in [1.29, 1.82) is 0 Å². The summed E-state index contributed by atoms with van der Waals surface area (Å²) in [6.07, 6.45) is 9.77. The smallest absolute Gasteiger partial charge is 0.307 e. The molecule has 8 atom stereocenters. The number of aliphatic carboxylic acids is 1. The van der Waals surface area contributed by atoms with Gasteiger partial charge in [0.1, 0.15) is 0 Å².